The lowest BCUT2D eigenvalue weighted by atomic mass is 9.96. The lowest BCUT2D eigenvalue weighted by Gasteiger charge is -2.11. The highest BCUT2D eigenvalue weighted by Gasteiger charge is 2.13. The molecule has 2 rings (SSSR count). The fraction of sp³-hybridized carbons (Fsp3) is 0.263. The second-order valence-electron chi connectivity index (χ2n) is 5.47. The summed E-state index contributed by atoms with van der Waals surface area (Å²) in [6.07, 6.45) is 1.82. The monoisotopic (exact) mass is 330 g/mol. The third kappa shape index (κ3) is 4.67. The van der Waals surface area contributed by atoms with Crippen LogP contribution in [-0.4, -0.2) is 30.6 Å². The largest absolute Gasteiger partial charge is 0.366 e. The van der Waals surface area contributed by atoms with Crippen molar-refractivity contribution >= 4 is 30.2 Å². The van der Waals surface area contributed by atoms with Crippen molar-refractivity contribution in [3.05, 3.63) is 64.7 Å². The van der Waals surface area contributed by atoms with Gasteiger partial charge in [-0.3, -0.25) is 4.79 Å². The van der Waals surface area contributed by atoms with E-state index < -0.39 is 0 Å². The van der Waals surface area contributed by atoms with Crippen molar-refractivity contribution in [1.82, 2.24) is 4.90 Å². The van der Waals surface area contributed by atoms with Crippen molar-refractivity contribution in [3.63, 3.8) is 0 Å². The summed E-state index contributed by atoms with van der Waals surface area (Å²) in [5, 5.41) is 0. The van der Waals surface area contributed by atoms with E-state index in [9.17, 15) is 4.79 Å². The molecule has 0 aromatic heterocycles. The summed E-state index contributed by atoms with van der Waals surface area (Å²) < 4.78 is 0. The van der Waals surface area contributed by atoms with Gasteiger partial charge in [-0.15, -0.1) is 12.4 Å². The van der Waals surface area contributed by atoms with Crippen LogP contribution in [0, 0.1) is 13.8 Å². The molecule has 122 valence electrons. The molecule has 0 fully saturated rings. The van der Waals surface area contributed by atoms with E-state index in [0.29, 0.717) is 5.56 Å². The molecule has 0 bridgehead atoms. The number of rotatable bonds is 5. The molecule has 0 saturated heterocycles. The topological polar surface area (TPSA) is 32.7 Å². The summed E-state index contributed by atoms with van der Waals surface area (Å²) in [6.45, 7) is 6.93. The van der Waals surface area contributed by atoms with Crippen LogP contribution in [0.4, 0.5) is 5.69 Å². The molecule has 0 amide bonds. The summed E-state index contributed by atoms with van der Waals surface area (Å²) in [4.78, 5) is 19.1. The van der Waals surface area contributed by atoms with Gasteiger partial charge in [0.05, 0.1) is 12.0 Å². The molecular weight excluding hydrogens is 308 g/mol. The molecule has 0 aliphatic heterocycles. The lowest BCUT2D eigenvalue weighted by molar-refractivity contribution is 0.103. The quantitative estimate of drug-likeness (QED) is 0.457. The van der Waals surface area contributed by atoms with Crippen molar-refractivity contribution in [2.24, 2.45) is 4.99 Å². The normalized spacial score (nSPS) is 10.4. The highest BCUT2D eigenvalue weighted by Crippen LogP contribution is 2.25. The minimum Gasteiger partial charge on any atom is -0.366 e. The smallest absolute Gasteiger partial charge is 0.193 e. The SMILES string of the molecule is CCN(C)/C=N/c1cc(C)c(C(=O)c2ccccc2)cc1C.Cl. The highest BCUT2D eigenvalue weighted by molar-refractivity contribution is 6.10. The van der Waals surface area contributed by atoms with Crippen LogP contribution in [0.3, 0.4) is 0 Å². The van der Waals surface area contributed by atoms with Crippen molar-refractivity contribution in [2.75, 3.05) is 13.6 Å². The van der Waals surface area contributed by atoms with Gasteiger partial charge in [0.15, 0.2) is 5.78 Å². The number of halogens is 1. The van der Waals surface area contributed by atoms with Crippen molar-refractivity contribution in [1.29, 1.82) is 0 Å². The molecule has 0 saturated carbocycles. The van der Waals surface area contributed by atoms with Gasteiger partial charge in [-0.1, -0.05) is 30.3 Å². The van der Waals surface area contributed by atoms with Crippen LogP contribution in [0.25, 0.3) is 0 Å². The molecule has 3 nitrogen and oxygen atoms in total. The van der Waals surface area contributed by atoms with E-state index in [1.165, 1.54) is 0 Å². The van der Waals surface area contributed by atoms with Crippen LogP contribution < -0.4 is 0 Å². The number of hydrogen-bond acceptors (Lipinski definition) is 2. The average Bonchev–Trinajstić information content (AvgIpc) is 2.55. The van der Waals surface area contributed by atoms with Gasteiger partial charge in [0.1, 0.15) is 0 Å². The van der Waals surface area contributed by atoms with Crippen LogP contribution in [0.1, 0.15) is 34.0 Å². The Labute approximate surface area is 144 Å². The van der Waals surface area contributed by atoms with Gasteiger partial charge in [0.25, 0.3) is 0 Å². The molecule has 2 aromatic rings. The number of ketones is 1. The predicted molar refractivity (Wildman–Crippen MR) is 99.5 cm³/mol. The number of hydrogen-bond donors (Lipinski definition) is 0. The second kappa shape index (κ2) is 8.49. The van der Waals surface area contributed by atoms with Crippen molar-refractivity contribution in [3.8, 4) is 0 Å². The molecule has 0 radical (unpaired) electrons. The predicted octanol–water partition coefficient (Wildman–Crippen LogP) is 4.57. The summed E-state index contributed by atoms with van der Waals surface area (Å²) >= 11 is 0. The van der Waals surface area contributed by atoms with E-state index in [1.54, 1.807) is 0 Å². The number of carbonyl (C=O) groups excluding carboxylic acids is 1. The molecule has 4 heteroatoms. The Morgan fingerprint density at radius 2 is 1.78 bits per heavy atom. The summed E-state index contributed by atoms with van der Waals surface area (Å²) in [6, 6.07) is 13.3. The van der Waals surface area contributed by atoms with Crippen molar-refractivity contribution < 1.29 is 4.79 Å². The molecule has 0 spiro atoms. The zero-order chi connectivity index (χ0) is 16.1. The van der Waals surface area contributed by atoms with Crippen LogP contribution in [-0.2, 0) is 0 Å². The fourth-order valence-electron chi connectivity index (χ4n) is 2.17. The Morgan fingerprint density at radius 1 is 1.13 bits per heavy atom. The number of benzene rings is 2. The third-order valence-corrected chi connectivity index (χ3v) is 3.72. The Kier molecular flexibility index (Phi) is 6.98. The lowest BCUT2D eigenvalue weighted by Crippen LogP contribution is -2.14. The number of nitrogens with zero attached hydrogens (tertiary/aromatic N) is 2. The van der Waals surface area contributed by atoms with Crippen LogP contribution in [0.15, 0.2) is 47.5 Å². The Balaban J connectivity index is 0.00000264. The van der Waals surface area contributed by atoms with Gasteiger partial charge < -0.3 is 4.90 Å². The molecule has 0 N–H and O–H groups in total. The molecule has 2 aromatic carbocycles. The van der Waals surface area contributed by atoms with E-state index in [-0.39, 0.29) is 18.2 Å². The van der Waals surface area contributed by atoms with E-state index in [2.05, 4.69) is 11.9 Å². The summed E-state index contributed by atoms with van der Waals surface area (Å²) in [5.41, 5.74) is 4.32. The number of aliphatic imine (C=N–C) groups is 1. The third-order valence-electron chi connectivity index (χ3n) is 3.72. The first kappa shape index (κ1) is 18.9. The van der Waals surface area contributed by atoms with E-state index >= 15 is 0 Å². The summed E-state index contributed by atoms with van der Waals surface area (Å²) in [5.74, 6) is 0.0578. The second-order valence-corrected chi connectivity index (χ2v) is 5.47. The maximum absolute atomic E-state index is 12.6. The first-order valence-corrected chi connectivity index (χ1v) is 7.48. The molecular formula is C19H23ClN2O. The minimum absolute atomic E-state index is 0. The van der Waals surface area contributed by atoms with Crippen LogP contribution >= 0.6 is 12.4 Å². The summed E-state index contributed by atoms with van der Waals surface area (Å²) in [7, 11) is 1.99. The van der Waals surface area contributed by atoms with E-state index in [0.717, 1.165) is 28.9 Å². The minimum atomic E-state index is 0. The van der Waals surface area contributed by atoms with Gasteiger partial charge in [0.2, 0.25) is 0 Å². The van der Waals surface area contributed by atoms with Crippen LogP contribution in [0.2, 0.25) is 0 Å². The molecule has 0 aliphatic rings. The molecule has 0 aliphatic carbocycles. The number of aryl methyl sites for hydroxylation is 2. The Bertz CT molecular complexity index is 696. The maximum atomic E-state index is 12.6. The highest BCUT2D eigenvalue weighted by atomic mass is 35.5. The van der Waals surface area contributed by atoms with E-state index in [1.807, 2.05) is 74.6 Å². The average molecular weight is 331 g/mol. The van der Waals surface area contributed by atoms with Gasteiger partial charge in [0, 0.05) is 24.7 Å². The van der Waals surface area contributed by atoms with Gasteiger partial charge in [-0.25, -0.2) is 4.99 Å². The van der Waals surface area contributed by atoms with Crippen LogP contribution in [0.5, 0.6) is 0 Å². The molecule has 0 atom stereocenters. The first-order chi connectivity index (χ1) is 10.5. The standard InChI is InChI=1S/C19H22N2O.ClH/c1-5-21(4)13-20-18-12-14(2)17(11-15(18)3)19(22)16-9-7-6-8-10-16;/h6-13H,5H2,1-4H3;1H/b20-13+;. The van der Waals surface area contributed by atoms with E-state index in [4.69, 9.17) is 0 Å². The Hall–Kier alpha value is -2.13. The zero-order valence-electron chi connectivity index (χ0n) is 14.0. The fourth-order valence-corrected chi connectivity index (χ4v) is 2.17. The van der Waals surface area contributed by atoms with Gasteiger partial charge in [-0.05, 0) is 44.0 Å². The van der Waals surface area contributed by atoms with Gasteiger partial charge in [-0.2, -0.15) is 0 Å². The first-order valence-electron chi connectivity index (χ1n) is 7.48. The maximum Gasteiger partial charge on any atom is 0.193 e. The molecule has 0 heterocycles. The Morgan fingerprint density at radius 3 is 2.39 bits per heavy atom. The van der Waals surface area contributed by atoms with Crippen molar-refractivity contribution in [2.45, 2.75) is 20.8 Å². The number of carbonyl (C=O) groups is 1. The molecule has 23 heavy (non-hydrogen) atoms. The molecule has 0 unspecified atom stereocenters. The zero-order valence-corrected chi connectivity index (χ0v) is 14.9. The van der Waals surface area contributed by atoms with Gasteiger partial charge >= 0.3 is 0 Å².